The van der Waals surface area contributed by atoms with E-state index in [9.17, 15) is 9.59 Å². The molecule has 2 heterocycles. The molecule has 20 heavy (non-hydrogen) atoms. The maximum absolute atomic E-state index is 12.1. The number of nitrogen functional groups attached to an aromatic ring is 1. The fourth-order valence-electron chi connectivity index (χ4n) is 1.60. The van der Waals surface area contributed by atoms with Crippen LogP contribution < -0.4 is 16.8 Å². The third-order valence-electron chi connectivity index (χ3n) is 2.66. The van der Waals surface area contributed by atoms with Crippen LogP contribution in [0.1, 0.15) is 21.9 Å². The lowest BCUT2D eigenvalue weighted by Gasteiger charge is -2.07. The van der Waals surface area contributed by atoms with Gasteiger partial charge < -0.3 is 0 Å². The minimum absolute atomic E-state index is 0.131. The fourth-order valence-corrected chi connectivity index (χ4v) is 2.05. The Balaban J connectivity index is 2.34. The quantitative estimate of drug-likeness (QED) is 0.340. The molecule has 0 aliphatic rings. The van der Waals surface area contributed by atoms with Gasteiger partial charge in [-0.2, -0.15) is 0 Å². The van der Waals surface area contributed by atoms with E-state index in [0.29, 0.717) is 15.0 Å². The van der Waals surface area contributed by atoms with Crippen molar-refractivity contribution in [2.45, 2.75) is 13.5 Å². The molecule has 0 aliphatic heterocycles. The number of hydrazine groups is 1. The number of carbonyl (C=O) groups is 1. The van der Waals surface area contributed by atoms with E-state index >= 15 is 0 Å². The lowest BCUT2D eigenvalue weighted by molar-refractivity contribution is 0.0948. The number of aromatic nitrogens is 3. The van der Waals surface area contributed by atoms with E-state index in [-0.39, 0.29) is 17.8 Å². The van der Waals surface area contributed by atoms with E-state index in [4.69, 9.17) is 5.84 Å². The molecule has 0 spiro atoms. The summed E-state index contributed by atoms with van der Waals surface area (Å²) in [5, 5.41) is 0. The van der Waals surface area contributed by atoms with Crippen molar-refractivity contribution in [1.82, 2.24) is 20.0 Å². The summed E-state index contributed by atoms with van der Waals surface area (Å²) in [6, 6.07) is 4.96. The molecule has 0 saturated heterocycles. The second kappa shape index (κ2) is 6.09. The molecule has 3 N–H and O–H groups in total. The van der Waals surface area contributed by atoms with Gasteiger partial charge >= 0.3 is 0 Å². The van der Waals surface area contributed by atoms with Crippen LogP contribution in [0.4, 0.5) is 0 Å². The van der Waals surface area contributed by atoms with E-state index in [1.807, 2.05) is 28.0 Å². The molecule has 0 saturated carbocycles. The van der Waals surface area contributed by atoms with Crippen molar-refractivity contribution in [2.75, 3.05) is 0 Å². The van der Waals surface area contributed by atoms with Gasteiger partial charge in [0.15, 0.2) is 0 Å². The van der Waals surface area contributed by atoms with Crippen LogP contribution in [0.3, 0.4) is 0 Å². The summed E-state index contributed by atoms with van der Waals surface area (Å²) in [6.07, 6.45) is 1.47. The van der Waals surface area contributed by atoms with Crippen LogP contribution >= 0.6 is 22.6 Å². The first-order valence-electron chi connectivity index (χ1n) is 5.71. The number of nitrogens with zero attached hydrogens (tertiary/aromatic N) is 3. The molecule has 2 aromatic heterocycles. The number of pyridine rings is 1. The molecule has 104 valence electrons. The zero-order chi connectivity index (χ0) is 14.7. The minimum Gasteiger partial charge on any atom is -0.292 e. The zero-order valence-corrected chi connectivity index (χ0v) is 12.8. The molecule has 0 radical (unpaired) electrons. The summed E-state index contributed by atoms with van der Waals surface area (Å²) in [6.45, 7) is 2.02. The van der Waals surface area contributed by atoms with Gasteiger partial charge in [0, 0.05) is 0 Å². The summed E-state index contributed by atoms with van der Waals surface area (Å²) in [5.41, 5.74) is 3.36. The summed E-state index contributed by atoms with van der Waals surface area (Å²) in [4.78, 5) is 31.7. The second-order valence-corrected chi connectivity index (χ2v) is 5.14. The molecule has 1 amide bonds. The van der Waals surface area contributed by atoms with Crippen molar-refractivity contribution in [2.24, 2.45) is 5.84 Å². The van der Waals surface area contributed by atoms with Crippen molar-refractivity contribution in [3.05, 3.63) is 55.5 Å². The second-order valence-electron chi connectivity index (χ2n) is 4.06. The zero-order valence-electron chi connectivity index (χ0n) is 10.6. The third-order valence-corrected chi connectivity index (χ3v) is 3.90. The summed E-state index contributed by atoms with van der Waals surface area (Å²) in [7, 11) is 0. The SMILES string of the molecule is Cc1ncn(Cc2cccc(C(=O)NN)n2)c(=O)c1I. The summed E-state index contributed by atoms with van der Waals surface area (Å²) < 4.78 is 2.02. The van der Waals surface area contributed by atoms with Crippen molar-refractivity contribution >= 4 is 28.5 Å². The van der Waals surface area contributed by atoms with E-state index in [2.05, 4.69) is 9.97 Å². The standard InChI is InChI=1S/C12H12IN5O2/c1-7-10(13)12(20)18(6-15-7)5-8-3-2-4-9(16-8)11(19)17-14/h2-4,6H,5,14H2,1H3,(H,17,19). The van der Waals surface area contributed by atoms with Crippen LogP contribution in [-0.2, 0) is 6.54 Å². The van der Waals surface area contributed by atoms with Gasteiger partial charge in [-0.05, 0) is 41.6 Å². The normalized spacial score (nSPS) is 10.3. The molecule has 0 bridgehead atoms. The molecule has 2 aromatic rings. The first-order chi connectivity index (χ1) is 9.52. The molecule has 7 nitrogen and oxygen atoms in total. The van der Waals surface area contributed by atoms with Gasteiger partial charge in [0.25, 0.3) is 11.5 Å². The minimum atomic E-state index is -0.476. The lowest BCUT2D eigenvalue weighted by atomic mass is 10.3. The van der Waals surface area contributed by atoms with Gasteiger partial charge in [-0.3, -0.25) is 19.6 Å². The number of aryl methyl sites for hydroxylation is 1. The average molecular weight is 385 g/mol. The first-order valence-corrected chi connectivity index (χ1v) is 6.79. The van der Waals surface area contributed by atoms with E-state index in [1.165, 1.54) is 10.9 Å². The molecule has 0 unspecified atom stereocenters. The van der Waals surface area contributed by atoms with Gasteiger partial charge in [0.05, 0.1) is 27.8 Å². The summed E-state index contributed by atoms with van der Waals surface area (Å²) >= 11 is 1.96. The Morgan fingerprint density at radius 3 is 2.95 bits per heavy atom. The number of hydrogen-bond donors (Lipinski definition) is 2. The maximum atomic E-state index is 12.1. The highest BCUT2D eigenvalue weighted by Crippen LogP contribution is 2.04. The number of nitrogens with two attached hydrogens (primary N) is 1. The molecule has 0 fully saturated rings. The number of hydrogen-bond acceptors (Lipinski definition) is 5. The van der Waals surface area contributed by atoms with Crippen LogP contribution in [0.2, 0.25) is 0 Å². The Hall–Kier alpha value is -1.81. The maximum Gasteiger partial charge on any atom is 0.283 e. The van der Waals surface area contributed by atoms with Gasteiger partial charge in [0.2, 0.25) is 0 Å². The van der Waals surface area contributed by atoms with Gasteiger partial charge in [-0.1, -0.05) is 6.07 Å². The number of halogens is 1. The fraction of sp³-hybridized carbons (Fsp3) is 0.167. The van der Waals surface area contributed by atoms with E-state index in [0.717, 1.165) is 0 Å². The Bertz CT molecular complexity index is 713. The van der Waals surface area contributed by atoms with Crippen molar-refractivity contribution in [3.63, 3.8) is 0 Å². The van der Waals surface area contributed by atoms with Crippen molar-refractivity contribution < 1.29 is 4.79 Å². The van der Waals surface area contributed by atoms with E-state index in [1.54, 1.807) is 25.1 Å². The van der Waals surface area contributed by atoms with Gasteiger partial charge in [-0.15, -0.1) is 0 Å². The number of rotatable bonds is 3. The largest absolute Gasteiger partial charge is 0.292 e. The number of amides is 1. The Labute approximate surface area is 128 Å². The Morgan fingerprint density at radius 2 is 2.25 bits per heavy atom. The van der Waals surface area contributed by atoms with Crippen LogP contribution in [0, 0.1) is 10.5 Å². The highest BCUT2D eigenvalue weighted by molar-refractivity contribution is 14.1. The summed E-state index contributed by atoms with van der Waals surface area (Å²) in [5.74, 6) is 4.59. The Kier molecular flexibility index (Phi) is 4.45. The molecule has 2 rings (SSSR count). The molecule has 8 heteroatoms. The van der Waals surface area contributed by atoms with Crippen LogP contribution in [0.5, 0.6) is 0 Å². The van der Waals surface area contributed by atoms with Crippen LogP contribution in [0.15, 0.2) is 29.3 Å². The monoisotopic (exact) mass is 385 g/mol. The topological polar surface area (TPSA) is 103 Å². The molecular weight excluding hydrogens is 373 g/mol. The smallest absolute Gasteiger partial charge is 0.283 e. The molecule has 0 atom stereocenters. The van der Waals surface area contributed by atoms with Crippen molar-refractivity contribution in [1.29, 1.82) is 0 Å². The van der Waals surface area contributed by atoms with E-state index < -0.39 is 5.91 Å². The molecular formula is C12H12IN5O2. The molecule has 0 aromatic carbocycles. The van der Waals surface area contributed by atoms with Gasteiger partial charge in [0.1, 0.15) is 5.69 Å². The number of carbonyl (C=O) groups excluding carboxylic acids is 1. The predicted octanol–water partition coefficient (Wildman–Crippen LogP) is 0.203. The average Bonchev–Trinajstić information content (AvgIpc) is 2.47. The number of nitrogens with one attached hydrogen (secondary N) is 1. The van der Waals surface area contributed by atoms with Gasteiger partial charge in [-0.25, -0.2) is 15.8 Å². The molecule has 0 aliphatic carbocycles. The van der Waals surface area contributed by atoms with Crippen LogP contribution in [-0.4, -0.2) is 20.4 Å². The van der Waals surface area contributed by atoms with Crippen molar-refractivity contribution in [3.8, 4) is 0 Å². The third kappa shape index (κ3) is 3.02. The first kappa shape index (κ1) is 14.6. The lowest BCUT2D eigenvalue weighted by Crippen LogP contribution is -2.31. The Morgan fingerprint density at radius 1 is 1.50 bits per heavy atom. The predicted molar refractivity (Wildman–Crippen MR) is 80.9 cm³/mol. The highest BCUT2D eigenvalue weighted by Gasteiger charge is 2.09. The van der Waals surface area contributed by atoms with Crippen LogP contribution in [0.25, 0.3) is 0 Å². The highest BCUT2D eigenvalue weighted by atomic mass is 127.